The first kappa shape index (κ1) is 23.1. The molecule has 32 heavy (non-hydrogen) atoms. The van der Waals surface area contributed by atoms with E-state index in [0.29, 0.717) is 37.7 Å². The van der Waals surface area contributed by atoms with Crippen molar-refractivity contribution in [1.82, 2.24) is 14.2 Å². The Hall–Kier alpha value is -2.02. The second-order valence-electron chi connectivity index (χ2n) is 8.72. The van der Waals surface area contributed by atoms with Crippen molar-refractivity contribution in [2.24, 2.45) is 0 Å². The van der Waals surface area contributed by atoms with Crippen molar-refractivity contribution in [1.29, 1.82) is 0 Å². The lowest BCUT2D eigenvalue weighted by Crippen LogP contribution is -2.39. The van der Waals surface area contributed by atoms with E-state index < -0.39 is 21.5 Å². The lowest BCUT2D eigenvalue weighted by Gasteiger charge is -2.29. The standard InChI is InChI=1S/C20H26N4O5S3/c1-20(2,3)29-19(26)23-10-6-13-14(12-23)31-18(21-13)22-17(25)16-15(7-11-30-16)32(27,28)24-8-4-5-9-24/h7,11H,4-6,8-10,12H2,1-3H3,(H,21,22,25). The first-order chi connectivity index (χ1) is 15.0. The Labute approximate surface area is 195 Å². The minimum atomic E-state index is -3.69. The molecule has 2 aromatic rings. The van der Waals surface area contributed by atoms with Gasteiger partial charge in [-0.1, -0.05) is 11.3 Å². The largest absolute Gasteiger partial charge is 0.444 e. The van der Waals surface area contributed by atoms with E-state index in [-0.39, 0.29) is 15.9 Å². The number of thiophene rings is 1. The third-order valence-corrected chi connectivity index (χ3v) is 9.10. The summed E-state index contributed by atoms with van der Waals surface area (Å²) in [6.45, 7) is 7.28. The van der Waals surface area contributed by atoms with Gasteiger partial charge in [0, 0.05) is 30.9 Å². The summed E-state index contributed by atoms with van der Waals surface area (Å²) in [5.41, 5.74) is 0.263. The molecule has 0 spiro atoms. The molecule has 0 saturated carbocycles. The van der Waals surface area contributed by atoms with Crippen molar-refractivity contribution < 1.29 is 22.7 Å². The third kappa shape index (κ3) is 4.82. The normalized spacial score (nSPS) is 17.3. The number of nitrogens with one attached hydrogen (secondary N) is 1. The van der Waals surface area contributed by atoms with E-state index in [1.54, 1.807) is 10.3 Å². The molecule has 9 nitrogen and oxygen atoms in total. The molecule has 174 valence electrons. The van der Waals surface area contributed by atoms with Gasteiger partial charge in [-0.15, -0.1) is 11.3 Å². The summed E-state index contributed by atoms with van der Waals surface area (Å²) >= 11 is 2.39. The van der Waals surface area contributed by atoms with Gasteiger partial charge in [-0.05, 0) is 45.1 Å². The van der Waals surface area contributed by atoms with Gasteiger partial charge in [0.2, 0.25) is 10.0 Å². The number of anilines is 1. The average Bonchev–Trinajstić information content (AvgIpc) is 3.45. The van der Waals surface area contributed by atoms with Gasteiger partial charge in [0.15, 0.2) is 5.13 Å². The van der Waals surface area contributed by atoms with Gasteiger partial charge >= 0.3 is 6.09 Å². The van der Waals surface area contributed by atoms with Crippen LogP contribution >= 0.6 is 22.7 Å². The Balaban J connectivity index is 1.47. The minimum absolute atomic E-state index is 0.0410. The molecule has 0 bridgehead atoms. The molecule has 12 heteroatoms. The molecular formula is C20H26N4O5S3. The van der Waals surface area contributed by atoms with Crippen LogP contribution in [0.4, 0.5) is 9.93 Å². The summed E-state index contributed by atoms with van der Waals surface area (Å²) in [5.74, 6) is -0.493. The molecule has 0 aliphatic carbocycles. The Morgan fingerprint density at radius 3 is 2.59 bits per heavy atom. The summed E-state index contributed by atoms with van der Waals surface area (Å²) < 4.78 is 32.7. The van der Waals surface area contributed by atoms with E-state index in [1.165, 1.54) is 21.7 Å². The molecule has 2 aliphatic rings. The van der Waals surface area contributed by atoms with Crippen LogP contribution in [0.2, 0.25) is 0 Å². The number of ether oxygens (including phenoxy) is 1. The number of hydrogen-bond acceptors (Lipinski definition) is 8. The molecule has 1 fully saturated rings. The zero-order chi connectivity index (χ0) is 23.1. The highest BCUT2D eigenvalue weighted by atomic mass is 32.2. The number of amides is 2. The number of carbonyl (C=O) groups excluding carboxylic acids is 2. The lowest BCUT2D eigenvalue weighted by atomic mass is 10.2. The molecule has 1 N–H and O–H groups in total. The number of thiazole rings is 1. The number of carbonyl (C=O) groups is 2. The molecular weight excluding hydrogens is 472 g/mol. The zero-order valence-electron chi connectivity index (χ0n) is 18.2. The number of aromatic nitrogens is 1. The van der Waals surface area contributed by atoms with Crippen LogP contribution in [0.15, 0.2) is 16.3 Å². The predicted octanol–water partition coefficient (Wildman–Crippen LogP) is 3.53. The Morgan fingerprint density at radius 1 is 1.19 bits per heavy atom. The van der Waals surface area contributed by atoms with Gasteiger partial charge in [0.25, 0.3) is 5.91 Å². The Bertz CT molecular complexity index is 1130. The summed E-state index contributed by atoms with van der Waals surface area (Å²) in [4.78, 5) is 32.5. The molecule has 2 aliphatic heterocycles. The van der Waals surface area contributed by atoms with Gasteiger partial charge < -0.3 is 9.64 Å². The first-order valence-electron chi connectivity index (χ1n) is 10.4. The summed E-state index contributed by atoms with van der Waals surface area (Å²) in [6, 6.07) is 1.48. The Morgan fingerprint density at radius 2 is 1.91 bits per heavy atom. The van der Waals surface area contributed by atoms with Crippen LogP contribution in [0.1, 0.15) is 53.9 Å². The molecule has 2 amide bonds. The maximum Gasteiger partial charge on any atom is 0.410 e. The number of hydrogen-bond donors (Lipinski definition) is 1. The van der Waals surface area contributed by atoms with E-state index in [1.807, 2.05) is 20.8 Å². The van der Waals surface area contributed by atoms with Crippen LogP contribution in [-0.2, 0) is 27.7 Å². The van der Waals surface area contributed by atoms with Crippen molar-refractivity contribution in [3.05, 3.63) is 26.9 Å². The maximum atomic E-state index is 12.9. The molecule has 0 radical (unpaired) electrons. The number of rotatable bonds is 4. The highest BCUT2D eigenvalue weighted by molar-refractivity contribution is 7.89. The second-order valence-corrected chi connectivity index (χ2v) is 12.6. The van der Waals surface area contributed by atoms with Crippen LogP contribution in [0.25, 0.3) is 0 Å². The highest BCUT2D eigenvalue weighted by Crippen LogP contribution is 2.32. The monoisotopic (exact) mass is 498 g/mol. The van der Waals surface area contributed by atoms with Crippen LogP contribution < -0.4 is 5.32 Å². The lowest BCUT2D eigenvalue weighted by molar-refractivity contribution is 0.0225. The van der Waals surface area contributed by atoms with Crippen molar-refractivity contribution >= 4 is 49.8 Å². The van der Waals surface area contributed by atoms with Crippen molar-refractivity contribution in [3.63, 3.8) is 0 Å². The third-order valence-electron chi connectivity index (χ3n) is 5.12. The van der Waals surface area contributed by atoms with Crippen LogP contribution in [0.5, 0.6) is 0 Å². The highest BCUT2D eigenvalue weighted by Gasteiger charge is 2.33. The van der Waals surface area contributed by atoms with Crippen LogP contribution in [0.3, 0.4) is 0 Å². The Kier molecular flexibility index (Phi) is 6.31. The van der Waals surface area contributed by atoms with E-state index >= 15 is 0 Å². The van der Waals surface area contributed by atoms with Gasteiger partial charge in [0.1, 0.15) is 15.4 Å². The number of fused-ring (bicyclic) bond motifs is 1. The minimum Gasteiger partial charge on any atom is -0.444 e. The molecule has 0 unspecified atom stereocenters. The summed E-state index contributed by atoms with van der Waals surface area (Å²) in [6.07, 6.45) is 1.85. The second kappa shape index (κ2) is 8.73. The van der Waals surface area contributed by atoms with Crippen molar-refractivity contribution in [3.8, 4) is 0 Å². The van der Waals surface area contributed by atoms with E-state index in [2.05, 4.69) is 10.3 Å². The smallest absolute Gasteiger partial charge is 0.410 e. The number of sulfonamides is 1. The fourth-order valence-corrected chi connectivity index (χ4v) is 7.45. The molecule has 1 saturated heterocycles. The first-order valence-corrected chi connectivity index (χ1v) is 13.5. The SMILES string of the molecule is CC(C)(C)OC(=O)N1CCc2nc(NC(=O)c3sccc3S(=O)(=O)N3CCCC3)sc2C1. The van der Waals surface area contributed by atoms with Crippen LogP contribution in [0, 0.1) is 0 Å². The molecule has 4 heterocycles. The topological polar surface area (TPSA) is 109 Å². The van der Waals surface area contributed by atoms with Crippen molar-refractivity contribution in [2.45, 2.75) is 57.1 Å². The van der Waals surface area contributed by atoms with Gasteiger partial charge in [-0.25, -0.2) is 18.2 Å². The zero-order valence-corrected chi connectivity index (χ0v) is 20.7. The van der Waals surface area contributed by atoms with E-state index in [4.69, 9.17) is 4.74 Å². The maximum absolute atomic E-state index is 12.9. The van der Waals surface area contributed by atoms with Gasteiger partial charge in [0.05, 0.1) is 12.2 Å². The average molecular weight is 499 g/mol. The molecule has 0 atom stereocenters. The predicted molar refractivity (Wildman–Crippen MR) is 123 cm³/mol. The van der Waals surface area contributed by atoms with Crippen LogP contribution in [-0.4, -0.2) is 59.8 Å². The summed E-state index contributed by atoms with van der Waals surface area (Å²) in [5, 5.41) is 4.76. The fourth-order valence-electron chi connectivity index (χ4n) is 3.62. The molecule has 2 aromatic heterocycles. The molecule has 4 rings (SSSR count). The fraction of sp³-hybridized carbons (Fsp3) is 0.550. The van der Waals surface area contributed by atoms with E-state index in [9.17, 15) is 18.0 Å². The quantitative estimate of drug-likeness (QED) is 0.691. The van der Waals surface area contributed by atoms with Gasteiger partial charge in [-0.2, -0.15) is 4.31 Å². The van der Waals surface area contributed by atoms with E-state index in [0.717, 1.165) is 34.7 Å². The molecule has 0 aromatic carbocycles. The summed E-state index contributed by atoms with van der Waals surface area (Å²) in [7, 11) is -3.69. The number of nitrogens with zero attached hydrogens (tertiary/aromatic N) is 3. The van der Waals surface area contributed by atoms with Gasteiger partial charge in [-0.3, -0.25) is 10.1 Å². The van der Waals surface area contributed by atoms with Crippen molar-refractivity contribution in [2.75, 3.05) is 25.0 Å².